The normalized spacial score (nSPS) is 10.9. The van der Waals surface area contributed by atoms with Crippen molar-refractivity contribution in [1.29, 1.82) is 0 Å². The number of H-pyrrole nitrogens is 1. The van der Waals surface area contributed by atoms with Crippen molar-refractivity contribution in [3.05, 3.63) is 64.7 Å². The molecule has 1 heterocycles. The van der Waals surface area contributed by atoms with E-state index in [-0.39, 0.29) is 11.7 Å². The van der Waals surface area contributed by atoms with Gasteiger partial charge >= 0.3 is 0 Å². The van der Waals surface area contributed by atoms with Crippen LogP contribution in [0.4, 0.5) is 4.39 Å². The maximum Gasteiger partial charge on any atom is 0.251 e. The van der Waals surface area contributed by atoms with Gasteiger partial charge in [-0.3, -0.25) is 4.79 Å². The molecule has 2 N–H and O–H groups in total. The molecule has 5 heteroatoms. The zero-order valence-corrected chi connectivity index (χ0v) is 13.1. The third-order valence-electron chi connectivity index (χ3n) is 3.91. The number of fused-ring (bicyclic) bond motifs is 1. The van der Waals surface area contributed by atoms with Crippen molar-refractivity contribution < 1.29 is 9.18 Å². The van der Waals surface area contributed by atoms with Crippen molar-refractivity contribution in [2.75, 3.05) is 6.54 Å². The number of imidazole rings is 1. The fourth-order valence-electron chi connectivity index (χ4n) is 2.43. The topological polar surface area (TPSA) is 57.8 Å². The highest BCUT2D eigenvalue weighted by Crippen LogP contribution is 2.13. The molecule has 0 aliphatic carbocycles. The number of halogens is 1. The highest BCUT2D eigenvalue weighted by Gasteiger charge is 2.08. The molecular weight excluding hydrogens is 293 g/mol. The Hall–Kier alpha value is -2.69. The number of aromatic nitrogens is 2. The van der Waals surface area contributed by atoms with Crippen LogP contribution in [0, 0.1) is 19.7 Å². The van der Waals surface area contributed by atoms with Gasteiger partial charge in [0, 0.05) is 18.5 Å². The molecule has 0 aliphatic heterocycles. The maximum absolute atomic E-state index is 13.1. The minimum Gasteiger partial charge on any atom is -0.352 e. The second kappa shape index (κ2) is 6.20. The summed E-state index contributed by atoms with van der Waals surface area (Å²) >= 11 is 0. The van der Waals surface area contributed by atoms with Crippen LogP contribution in [-0.2, 0) is 6.42 Å². The molecule has 0 saturated carbocycles. The summed E-state index contributed by atoms with van der Waals surface area (Å²) in [6, 6.07) is 10.1. The Labute approximate surface area is 133 Å². The minimum atomic E-state index is -0.296. The van der Waals surface area contributed by atoms with E-state index in [0.717, 1.165) is 22.5 Å². The molecule has 0 fully saturated rings. The maximum atomic E-state index is 13.1. The minimum absolute atomic E-state index is 0.102. The summed E-state index contributed by atoms with van der Waals surface area (Å²) in [7, 11) is 0. The molecule has 3 aromatic rings. The van der Waals surface area contributed by atoms with Gasteiger partial charge in [-0.2, -0.15) is 0 Å². The summed E-state index contributed by atoms with van der Waals surface area (Å²) in [5.41, 5.74) is 4.30. The summed E-state index contributed by atoms with van der Waals surface area (Å²) in [6.07, 6.45) is 0.562. The molecule has 0 bridgehead atoms. The van der Waals surface area contributed by atoms with Gasteiger partial charge in [-0.1, -0.05) is 6.07 Å². The second-order valence-corrected chi connectivity index (χ2v) is 5.65. The first-order valence-corrected chi connectivity index (χ1v) is 7.52. The first kappa shape index (κ1) is 15.2. The van der Waals surface area contributed by atoms with Crippen molar-refractivity contribution in [3.8, 4) is 0 Å². The van der Waals surface area contributed by atoms with Crippen molar-refractivity contribution >= 4 is 16.9 Å². The smallest absolute Gasteiger partial charge is 0.251 e. The lowest BCUT2D eigenvalue weighted by Crippen LogP contribution is -2.26. The lowest BCUT2D eigenvalue weighted by Gasteiger charge is -2.06. The first-order chi connectivity index (χ1) is 11.0. The monoisotopic (exact) mass is 311 g/mol. The van der Waals surface area contributed by atoms with E-state index in [1.807, 2.05) is 32.0 Å². The third-order valence-corrected chi connectivity index (χ3v) is 3.91. The third kappa shape index (κ3) is 3.39. The molecule has 0 radical (unpaired) electrons. The van der Waals surface area contributed by atoms with Crippen LogP contribution >= 0.6 is 0 Å². The van der Waals surface area contributed by atoms with Crippen LogP contribution in [0.3, 0.4) is 0 Å². The SMILES string of the molecule is Cc1ccc(C(=O)NCCc2nc3ccc(F)cc3[nH]2)cc1C. The molecular formula is C18H18FN3O. The molecule has 118 valence electrons. The van der Waals surface area contributed by atoms with Crippen LogP contribution in [0.1, 0.15) is 27.3 Å². The average Bonchev–Trinajstić information content (AvgIpc) is 2.91. The number of carbonyl (C=O) groups is 1. The number of amides is 1. The standard InChI is InChI=1S/C18H18FN3O/c1-11-3-4-13(9-12(11)2)18(23)20-8-7-17-21-15-6-5-14(19)10-16(15)22-17/h3-6,9-10H,7-8H2,1-2H3,(H,20,23)(H,21,22). The lowest BCUT2D eigenvalue weighted by molar-refractivity contribution is 0.0954. The molecule has 0 spiro atoms. The van der Waals surface area contributed by atoms with Crippen LogP contribution in [0.25, 0.3) is 11.0 Å². The van der Waals surface area contributed by atoms with Gasteiger partial charge in [0.25, 0.3) is 5.91 Å². The molecule has 1 amide bonds. The summed E-state index contributed by atoms with van der Waals surface area (Å²) in [5, 5.41) is 2.88. The van der Waals surface area contributed by atoms with Crippen LogP contribution < -0.4 is 5.32 Å². The van der Waals surface area contributed by atoms with Gasteiger partial charge in [-0.05, 0) is 55.3 Å². The van der Waals surface area contributed by atoms with E-state index in [2.05, 4.69) is 15.3 Å². The molecule has 2 aromatic carbocycles. The molecule has 0 aliphatic rings. The Balaban J connectivity index is 1.61. The Morgan fingerprint density at radius 3 is 2.78 bits per heavy atom. The number of nitrogens with one attached hydrogen (secondary N) is 2. The zero-order chi connectivity index (χ0) is 16.4. The van der Waals surface area contributed by atoms with E-state index >= 15 is 0 Å². The Bertz CT molecular complexity index is 870. The number of benzene rings is 2. The largest absolute Gasteiger partial charge is 0.352 e. The average molecular weight is 311 g/mol. The van der Waals surface area contributed by atoms with Crippen molar-refractivity contribution in [1.82, 2.24) is 15.3 Å². The van der Waals surface area contributed by atoms with Crippen LogP contribution in [0.15, 0.2) is 36.4 Å². The van der Waals surface area contributed by atoms with Gasteiger partial charge in [0.15, 0.2) is 0 Å². The van der Waals surface area contributed by atoms with Gasteiger partial charge in [0.1, 0.15) is 11.6 Å². The van der Waals surface area contributed by atoms with Gasteiger partial charge in [0.05, 0.1) is 11.0 Å². The van der Waals surface area contributed by atoms with Gasteiger partial charge in [-0.15, -0.1) is 0 Å². The molecule has 23 heavy (non-hydrogen) atoms. The molecule has 0 atom stereocenters. The summed E-state index contributed by atoms with van der Waals surface area (Å²) in [5.74, 6) is 0.331. The lowest BCUT2D eigenvalue weighted by atomic mass is 10.1. The quantitative estimate of drug-likeness (QED) is 0.777. The number of carbonyl (C=O) groups excluding carboxylic acids is 1. The molecule has 1 aromatic heterocycles. The predicted molar refractivity (Wildman–Crippen MR) is 88.0 cm³/mol. The van der Waals surface area contributed by atoms with Crippen molar-refractivity contribution in [2.45, 2.75) is 20.3 Å². The number of nitrogens with zero attached hydrogens (tertiary/aromatic N) is 1. The first-order valence-electron chi connectivity index (χ1n) is 7.52. The van der Waals surface area contributed by atoms with Crippen molar-refractivity contribution in [3.63, 3.8) is 0 Å². The second-order valence-electron chi connectivity index (χ2n) is 5.65. The number of hydrogen-bond donors (Lipinski definition) is 2. The van der Waals surface area contributed by atoms with E-state index in [9.17, 15) is 9.18 Å². The Morgan fingerprint density at radius 2 is 2.00 bits per heavy atom. The zero-order valence-electron chi connectivity index (χ0n) is 13.1. The van der Waals surface area contributed by atoms with Crippen LogP contribution in [0.2, 0.25) is 0 Å². The van der Waals surface area contributed by atoms with Crippen molar-refractivity contribution in [2.24, 2.45) is 0 Å². The fraction of sp³-hybridized carbons (Fsp3) is 0.222. The highest BCUT2D eigenvalue weighted by atomic mass is 19.1. The van der Waals surface area contributed by atoms with Crippen LogP contribution in [-0.4, -0.2) is 22.4 Å². The summed E-state index contributed by atoms with van der Waals surface area (Å²) in [6.45, 7) is 4.47. The predicted octanol–water partition coefficient (Wildman–Crippen LogP) is 3.29. The number of hydrogen-bond acceptors (Lipinski definition) is 2. The van der Waals surface area contributed by atoms with E-state index < -0.39 is 0 Å². The Kier molecular flexibility index (Phi) is 4.10. The number of aromatic amines is 1. The van der Waals surface area contributed by atoms with Crippen LogP contribution in [0.5, 0.6) is 0 Å². The summed E-state index contributed by atoms with van der Waals surface area (Å²) < 4.78 is 13.1. The number of rotatable bonds is 4. The van der Waals surface area contributed by atoms with E-state index in [4.69, 9.17) is 0 Å². The number of aryl methyl sites for hydroxylation is 2. The van der Waals surface area contributed by atoms with Gasteiger partial charge < -0.3 is 10.3 Å². The van der Waals surface area contributed by atoms with Gasteiger partial charge in [-0.25, -0.2) is 9.37 Å². The molecule has 4 nitrogen and oxygen atoms in total. The molecule has 0 saturated heterocycles. The van der Waals surface area contributed by atoms with E-state index in [0.29, 0.717) is 24.0 Å². The van der Waals surface area contributed by atoms with E-state index in [1.165, 1.54) is 12.1 Å². The Morgan fingerprint density at radius 1 is 1.17 bits per heavy atom. The van der Waals surface area contributed by atoms with Gasteiger partial charge in [0.2, 0.25) is 0 Å². The highest BCUT2D eigenvalue weighted by molar-refractivity contribution is 5.94. The van der Waals surface area contributed by atoms with E-state index in [1.54, 1.807) is 6.07 Å². The molecule has 3 rings (SSSR count). The summed E-state index contributed by atoms with van der Waals surface area (Å²) in [4.78, 5) is 19.6. The molecule has 0 unspecified atom stereocenters. The fourth-order valence-corrected chi connectivity index (χ4v) is 2.43.